The first kappa shape index (κ1) is 18.4. The summed E-state index contributed by atoms with van der Waals surface area (Å²) in [6.45, 7) is 3.18. The maximum Gasteiger partial charge on any atom is 0.280 e. The SMILES string of the molecule is C/C(=N/NC(=O)[C@@H](C)Oc1ccccc1F)c1ccc2c(c1)NC(=O)CO2. The Morgan fingerprint density at radius 2 is 2.11 bits per heavy atom. The molecule has 0 unspecified atom stereocenters. The zero-order valence-electron chi connectivity index (χ0n) is 14.8. The van der Waals surface area contributed by atoms with Crippen molar-refractivity contribution in [1.29, 1.82) is 0 Å². The third-order valence-corrected chi connectivity index (χ3v) is 3.87. The number of carbonyl (C=O) groups excluding carboxylic acids is 2. The molecule has 1 aliphatic heterocycles. The Morgan fingerprint density at radius 3 is 2.89 bits per heavy atom. The molecule has 0 fully saturated rings. The number of nitrogens with one attached hydrogen (secondary N) is 2. The number of ether oxygens (including phenoxy) is 2. The molecule has 1 heterocycles. The van der Waals surface area contributed by atoms with E-state index in [1.54, 1.807) is 31.2 Å². The quantitative estimate of drug-likeness (QED) is 0.624. The van der Waals surface area contributed by atoms with Crippen LogP contribution in [0.4, 0.5) is 10.1 Å². The number of carbonyl (C=O) groups is 2. The van der Waals surface area contributed by atoms with Crippen LogP contribution in [0.1, 0.15) is 19.4 Å². The molecule has 1 atom stereocenters. The second kappa shape index (κ2) is 7.86. The number of para-hydroxylation sites is 1. The zero-order chi connectivity index (χ0) is 19.4. The van der Waals surface area contributed by atoms with Gasteiger partial charge in [-0.25, -0.2) is 9.82 Å². The van der Waals surface area contributed by atoms with Crippen LogP contribution in [0.25, 0.3) is 0 Å². The Bertz CT molecular complexity index is 914. The van der Waals surface area contributed by atoms with Crippen LogP contribution in [0.2, 0.25) is 0 Å². The van der Waals surface area contributed by atoms with E-state index in [-0.39, 0.29) is 18.3 Å². The molecule has 2 N–H and O–H groups in total. The monoisotopic (exact) mass is 371 g/mol. The fourth-order valence-corrected chi connectivity index (χ4v) is 2.39. The van der Waals surface area contributed by atoms with Gasteiger partial charge < -0.3 is 14.8 Å². The van der Waals surface area contributed by atoms with E-state index < -0.39 is 17.8 Å². The first-order chi connectivity index (χ1) is 12.9. The summed E-state index contributed by atoms with van der Waals surface area (Å²) in [5, 5.41) is 6.75. The third-order valence-electron chi connectivity index (χ3n) is 3.87. The molecule has 0 aromatic heterocycles. The summed E-state index contributed by atoms with van der Waals surface area (Å²) in [6.07, 6.45) is -0.935. The molecule has 7 nitrogen and oxygen atoms in total. The van der Waals surface area contributed by atoms with Crippen molar-refractivity contribution in [3.8, 4) is 11.5 Å². The Kier molecular flexibility index (Phi) is 5.35. The van der Waals surface area contributed by atoms with E-state index in [2.05, 4.69) is 15.8 Å². The highest BCUT2D eigenvalue weighted by atomic mass is 19.1. The Balaban J connectivity index is 1.64. The average Bonchev–Trinajstić information content (AvgIpc) is 2.66. The molecule has 0 radical (unpaired) electrons. The maximum absolute atomic E-state index is 13.6. The van der Waals surface area contributed by atoms with Gasteiger partial charge in [-0.2, -0.15) is 5.10 Å². The van der Waals surface area contributed by atoms with Gasteiger partial charge in [0.15, 0.2) is 24.3 Å². The minimum atomic E-state index is -0.935. The summed E-state index contributed by atoms with van der Waals surface area (Å²) in [5.74, 6) is -0.739. The second-order valence-electron chi connectivity index (χ2n) is 5.91. The van der Waals surface area contributed by atoms with Crippen molar-refractivity contribution in [2.75, 3.05) is 11.9 Å². The number of hydrogen-bond acceptors (Lipinski definition) is 5. The summed E-state index contributed by atoms with van der Waals surface area (Å²) < 4.78 is 24.2. The predicted molar refractivity (Wildman–Crippen MR) is 97.4 cm³/mol. The van der Waals surface area contributed by atoms with Crippen LogP contribution < -0.4 is 20.2 Å². The van der Waals surface area contributed by atoms with Gasteiger partial charge in [-0.3, -0.25) is 9.59 Å². The summed E-state index contributed by atoms with van der Waals surface area (Å²) in [4.78, 5) is 23.5. The number of benzene rings is 2. The number of anilines is 1. The fourth-order valence-electron chi connectivity index (χ4n) is 2.39. The standard InChI is InChI=1S/C19H18FN3O4/c1-11(13-7-8-17-15(9-13)21-18(24)10-26-17)22-23-19(25)12(2)27-16-6-4-3-5-14(16)20/h3-9,12H,10H2,1-2H3,(H,21,24)(H,23,25)/b22-11-/t12-/m1/s1. The average molecular weight is 371 g/mol. The van der Waals surface area contributed by atoms with Crippen LogP contribution in [0.15, 0.2) is 47.6 Å². The maximum atomic E-state index is 13.6. The minimum Gasteiger partial charge on any atom is -0.482 e. The zero-order valence-corrected chi connectivity index (χ0v) is 14.8. The lowest BCUT2D eigenvalue weighted by Gasteiger charge is -2.18. The molecule has 140 valence electrons. The number of halogens is 1. The summed E-state index contributed by atoms with van der Waals surface area (Å²) in [5.41, 5.74) is 4.15. The van der Waals surface area contributed by atoms with Crippen molar-refractivity contribution in [3.63, 3.8) is 0 Å². The first-order valence-electron chi connectivity index (χ1n) is 8.26. The number of nitrogens with zero attached hydrogens (tertiary/aromatic N) is 1. The molecule has 0 spiro atoms. The van der Waals surface area contributed by atoms with Crippen molar-refractivity contribution < 1.29 is 23.5 Å². The topological polar surface area (TPSA) is 89.0 Å². The predicted octanol–water partition coefficient (Wildman–Crippen LogP) is 2.46. The van der Waals surface area contributed by atoms with Gasteiger partial charge in [0.1, 0.15) is 5.75 Å². The molecule has 0 saturated heterocycles. The van der Waals surface area contributed by atoms with Crippen LogP contribution in [0, 0.1) is 5.82 Å². The van der Waals surface area contributed by atoms with E-state index in [0.717, 1.165) is 0 Å². The molecular weight excluding hydrogens is 353 g/mol. The molecule has 27 heavy (non-hydrogen) atoms. The van der Waals surface area contributed by atoms with Crippen LogP contribution in [0.3, 0.4) is 0 Å². The molecule has 1 aliphatic rings. The van der Waals surface area contributed by atoms with Crippen LogP contribution in [-0.4, -0.2) is 30.2 Å². The van der Waals surface area contributed by atoms with Gasteiger partial charge >= 0.3 is 0 Å². The van der Waals surface area contributed by atoms with E-state index in [1.165, 1.54) is 25.1 Å². The second-order valence-corrected chi connectivity index (χ2v) is 5.91. The molecular formula is C19H18FN3O4. The van der Waals surface area contributed by atoms with Crippen LogP contribution in [0.5, 0.6) is 11.5 Å². The Morgan fingerprint density at radius 1 is 1.33 bits per heavy atom. The highest BCUT2D eigenvalue weighted by Gasteiger charge is 2.18. The van der Waals surface area contributed by atoms with Gasteiger partial charge in [-0.15, -0.1) is 0 Å². The lowest BCUT2D eigenvalue weighted by atomic mass is 10.1. The van der Waals surface area contributed by atoms with Crippen LogP contribution in [-0.2, 0) is 9.59 Å². The molecule has 0 saturated carbocycles. The fraction of sp³-hybridized carbons (Fsp3) is 0.211. The Hall–Kier alpha value is -3.42. The first-order valence-corrected chi connectivity index (χ1v) is 8.26. The Labute approximate surface area is 155 Å². The van der Waals surface area contributed by atoms with Crippen molar-refractivity contribution in [2.24, 2.45) is 5.10 Å². The van der Waals surface area contributed by atoms with Gasteiger partial charge in [0.05, 0.1) is 11.4 Å². The molecule has 2 aromatic rings. The van der Waals surface area contributed by atoms with E-state index in [4.69, 9.17) is 9.47 Å². The number of rotatable bonds is 5. The van der Waals surface area contributed by atoms with Gasteiger partial charge in [0.2, 0.25) is 0 Å². The molecule has 0 bridgehead atoms. The number of amides is 2. The van der Waals surface area contributed by atoms with Crippen molar-refractivity contribution >= 4 is 23.2 Å². The number of hydrazone groups is 1. The van der Waals surface area contributed by atoms with E-state index in [0.29, 0.717) is 22.7 Å². The van der Waals surface area contributed by atoms with Gasteiger partial charge in [0, 0.05) is 0 Å². The lowest BCUT2D eigenvalue weighted by Crippen LogP contribution is -2.34. The summed E-state index contributed by atoms with van der Waals surface area (Å²) in [7, 11) is 0. The molecule has 3 rings (SSSR count). The smallest absolute Gasteiger partial charge is 0.280 e. The van der Waals surface area contributed by atoms with Crippen molar-refractivity contribution in [3.05, 3.63) is 53.8 Å². The van der Waals surface area contributed by atoms with Crippen molar-refractivity contribution in [1.82, 2.24) is 5.43 Å². The molecule has 8 heteroatoms. The van der Waals surface area contributed by atoms with Crippen LogP contribution >= 0.6 is 0 Å². The minimum absolute atomic E-state index is 0.00807. The van der Waals surface area contributed by atoms with Gasteiger partial charge in [-0.05, 0) is 49.7 Å². The van der Waals surface area contributed by atoms with Gasteiger partial charge in [-0.1, -0.05) is 12.1 Å². The lowest BCUT2D eigenvalue weighted by molar-refractivity contribution is -0.127. The summed E-state index contributed by atoms with van der Waals surface area (Å²) in [6, 6.07) is 11.0. The molecule has 0 aliphatic carbocycles. The highest BCUT2D eigenvalue weighted by molar-refractivity contribution is 6.02. The summed E-state index contributed by atoms with van der Waals surface area (Å²) >= 11 is 0. The van der Waals surface area contributed by atoms with E-state index >= 15 is 0 Å². The van der Waals surface area contributed by atoms with E-state index in [1.807, 2.05) is 0 Å². The molecule has 2 amide bonds. The molecule has 2 aromatic carbocycles. The number of hydrogen-bond donors (Lipinski definition) is 2. The largest absolute Gasteiger partial charge is 0.482 e. The van der Waals surface area contributed by atoms with E-state index in [9.17, 15) is 14.0 Å². The normalized spacial score (nSPS) is 14.5. The van der Waals surface area contributed by atoms with Crippen molar-refractivity contribution in [2.45, 2.75) is 20.0 Å². The van der Waals surface area contributed by atoms with Gasteiger partial charge in [0.25, 0.3) is 11.8 Å². The third kappa shape index (κ3) is 4.41. The number of fused-ring (bicyclic) bond motifs is 1. The highest BCUT2D eigenvalue weighted by Crippen LogP contribution is 2.28.